The largest absolute Gasteiger partial charge is 0.497 e. The average Bonchev–Trinajstić information content (AvgIpc) is 3.07. The van der Waals surface area contributed by atoms with Gasteiger partial charge in [-0.3, -0.25) is 4.79 Å². The summed E-state index contributed by atoms with van der Waals surface area (Å²) in [4.78, 5) is 15.1. The lowest BCUT2D eigenvalue weighted by molar-refractivity contribution is -0.128. The Bertz CT molecular complexity index is 947. The van der Waals surface area contributed by atoms with Crippen LogP contribution in [0.25, 0.3) is 6.08 Å². The van der Waals surface area contributed by atoms with E-state index >= 15 is 0 Å². The standard InChI is InChI=1S/C25H28N2O4/c1-29-21-11-9-20(10-12-21)22-6-4-3-5-16-27(22)25(28)14-8-19-7-13-23(31-17-15-26)24(18-19)30-2/h7-14,18,22H,3-6,16-17H2,1-2H3/b14-8+/t22-/m0/s1. The van der Waals surface area contributed by atoms with E-state index in [1.54, 1.807) is 38.5 Å². The molecule has 0 radical (unpaired) electrons. The molecule has 1 atom stereocenters. The predicted octanol–water partition coefficient (Wildman–Crippen LogP) is 4.76. The molecule has 6 heteroatoms. The molecule has 2 aromatic carbocycles. The minimum Gasteiger partial charge on any atom is -0.497 e. The van der Waals surface area contributed by atoms with E-state index in [1.165, 1.54) is 0 Å². The molecule has 0 aliphatic carbocycles. The van der Waals surface area contributed by atoms with Crippen molar-refractivity contribution in [2.75, 3.05) is 27.4 Å². The second kappa shape index (κ2) is 11.1. The molecule has 0 saturated carbocycles. The van der Waals surface area contributed by atoms with E-state index in [0.29, 0.717) is 11.5 Å². The first-order valence-electron chi connectivity index (χ1n) is 10.5. The molecule has 1 amide bonds. The third kappa shape index (κ3) is 5.79. The Morgan fingerprint density at radius 2 is 1.90 bits per heavy atom. The number of hydrogen-bond acceptors (Lipinski definition) is 5. The van der Waals surface area contributed by atoms with E-state index in [0.717, 1.165) is 49.1 Å². The Morgan fingerprint density at radius 1 is 1.10 bits per heavy atom. The number of likely N-dealkylation sites (tertiary alicyclic amines) is 1. The Morgan fingerprint density at radius 3 is 2.61 bits per heavy atom. The van der Waals surface area contributed by atoms with Crippen molar-refractivity contribution in [1.82, 2.24) is 4.90 Å². The van der Waals surface area contributed by atoms with Crippen molar-refractivity contribution in [3.05, 3.63) is 59.7 Å². The van der Waals surface area contributed by atoms with Gasteiger partial charge in [0.05, 0.1) is 20.3 Å². The number of hydrogen-bond donors (Lipinski definition) is 0. The molecule has 31 heavy (non-hydrogen) atoms. The zero-order chi connectivity index (χ0) is 22.1. The number of nitrogens with zero attached hydrogens (tertiary/aromatic N) is 2. The predicted molar refractivity (Wildman–Crippen MR) is 119 cm³/mol. The molecule has 1 aliphatic heterocycles. The third-order valence-corrected chi connectivity index (χ3v) is 5.43. The second-order valence-electron chi connectivity index (χ2n) is 7.36. The van der Waals surface area contributed by atoms with Crippen LogP contribution in [0.1, 0.15) is 42.9 Å². The Balaban J connectivity index is 1.77. The maximum atomic E-state index is 13.1. The zero-order valence-corrected chi connectivity index (χ0v) is 18.0. The molecular weight excluding hydrogens is 392 g/mol. The van der Waals surface area contributed by atoms with E-state index in [-0.39, 0.29) is 18.6 Å². The van der Waals surface area contributed by atoms with Crippen LogP contribution in [-0.4, -0.2) is 38.2 Å². The van der Waals surface area contributed by atoms with Crippen molar-refractivity contribution < 1.29 is 19.0 Å². The average molecular weight is 421 g/mol. The van der Waals surface area contributed by atoms with Crippen molar-refractivity contribution in [2.45, 2.75) is 31.7 Å². The summed E-state index contributed by atoms with van der Waals surface area (Å²) in [5.41, 5.74) is 1.95. The van der Waals surface area contributed by atoms with E-state index < -0.39 is 0 Å². The molecule has 1 fully saturated rings. The molecule has 0 spiro atoms. The Hall–Kier alpha value is -3.46. The number of amides is 1. The summed E-state index contributed by atoms with van der Waals surface area (Å²) in [6, 6.07) is 15.3. The van der Waals surface area contributed by atoms with Gasteiger partial charge in [-0.15, -0.1) is 0 Å². The fourth-order valence-corrected chi connectivity index (χ4v) is 3.83. The highest BCUT2D eigenvalue weighted by Gasteiger charge is 2.25. The number of rotatable bonds is 7. The maximum absolute atomic E-state index is 13.1. The van der Waals surface area contributed by atoms with Gasteiger partial charge in [0.1, 0.15) is 11.8 Å². The van der Waals surface area contributed by atoms with Gasteiger partial charge in [0, 0.05) is 12.6 Å². The highest BCUT2D eigenvalue weighted by Crippen LogP contribution is 2.32. The molecule has 6 nitrogen and oxygen atoms in total. The van der Waals surface area contributed by atoms with Gasteiger partial charge in [0.2, 0.25) is 5.91 Å². The van der Waals surface area contributed by atoms with Crippen molar-refractivity contribution >= 4 is 12.0 Å². The van der Waals surface area contributed by atoms with Gasteiger partial charge in [-0.1, -0.05) is 31.0 Å². The number of carbonyl (C=O) groups is 1. The number of carbonyl (C=O) groups excluding carboxylic acids is 1. The van der Waals surface area contributed by atoms with Crippen molar-refractivity contribution in [1.29, 1.82) is 5.26 Å². The molecule has 162 valence electrons. The summed E-state index contributed by atoms with van der Waals surface area (Å²) in [7, 11) is 3.20. The van der Waals surface area contributed by atoms with Crippen LogP contribution in [0.3, 0.4) is 0 Å². The summed E-state index contributed by atoms with van der Waals surface area (Å²) < 4.78 is 16.0. The molecule has 2 aromatic rings. The molecule has 1 saturated heterocycles. The summed E-state index contributed by atoms with van der Waals surface area (Å²) in [6.45, 7) is 0.690. The minimum atomic E-state index is -0.0499. The van der Waals surface area contributed by atoms with Crippen LogP contribution in [0.15, 0.2) is 48.5 Å². The van der Waals surface area contributed by atoms with E-state index in [2.05, 4.69) is 0 Å². The smallest absolute Gasteiger partial charge is 0.247 e. The summed E-state index contributed by atoms with van der Waals surface area (Å²) >= 11 is 0. The lowest BCUT2D eigenvalue weighted by Gasteiger charge is -2.29. The molecular formula is C25H28N2O4. The summed E-state index contributed by atoms with van der Waals surface area (Å²) in [5, 5.41) is 8.69. The summed E-state index contributed by atoms with van der Waals surface area (Å²) in [5.74, 6) is 1.83. The Kier molecular flexibility index (Phi) is 7.94. The first-order valence-corrected chi connectivity index (χ1v) is 10.5. The van der Waals surface area contributed by atoms with Gasteiger partial charge in [-0.25, -0.2) is 0 Å². The fourth-order valence-electron chi connectivity index (χ4n) is 3.83. The van der Waals surface area contributed by atoms with E-state index in [9.17, 15) is 4.79 Å². The van der Waals surface area contributed by atoms with Gasteiger partial charge in [-0.2, -0.15) is 5.26 Å². The lowest BCUT2D eigenvalue weighted by atomic mass is 10.0. The number of benzene rings is 2. The monoisotopic (exact) mass is 420 g/mol. The van der Waals surface area contributed by atoms with Crippen molar-refractivity contribution in [3.8, 4) is 23.3 Å². The minimum absolute atomic E-state index is 0.00788. The normalized spacial score (nSPS) is 16.4. The van der Waals surface area contributed by atoms with Gasteiger partial charge < -0.3 is 19.1 Å². The molecule has 0 unspecified atom stereocenters. The highest BCUT2D eigenvalue weighted by atomic mass is 16.5. The van der Waals surface area contributed by atoms with Crippen LogP contribution in [0.4, 0.5) is 0 Å². The SMILES string of the molecule is COc1ccc([C@@H]2CCCCCN2C(=O)/C=C/c2ccc(OCC#N)c(OC)c2)cc1. The van der Waals surface area contributed by atoms with Crippen LogP contribution in [0, 0.1) is 11.3 Å². The quantitative estimate of drug-likeness (QED) is 0.604. The first-order chi connectivity index (χ1) is 15.2. The van der Waals surface area contributed by atoms with Crippen LogP contribution < -0.4 is 14.2 Å². The molecule has 0 N–H and O–H groups in total. The second-order valence-corrected chi connectivity index (χ2v) is 7.36. The maximum Gasteiger partial charge on any atom is 0.247 e. The van der Waals surface area contributed by atoms with Gasteiger partial charge in [0.15, 0.2) is 18.1 Å². The van der Waals surface area contributed by atoms with Crippen LogP contribution in [-0.2, 0) is 4.79 Å². The number of ether oxygens (including phenoxy) is 3. The molecule has 0 aromatic heterocycles. The number of methoxy groups -OCH3 is 2. The first kappa shape index (κ1) is 22.2. The highest BCUT2D eigenvalue weighted by molar-refractivity contribution is 5.92. The molecule has 1 heterocycles. The Labute approximate surface area is 183 Å². The van der Waals surface area contributed by atoms with Crippen molar-refractivity contribution in [3.63, 3.8) is 0 Å². The summed E-state index contributed by atoms with van der Waals surface area (Å²) in [6.07, 6.45) is 7.59. The van der Waals surface area contributed by atoms with Crippen molar-refractivity contribution in [2.24, 2.45) is 0 Å². The van der Waals surface area contributed by atoms with Crippen LogP contribution >= 0.6 is 0 Å². The zero-order valence-electron chi connectivity index (χ0n) is 18.0. The van der Waals surface area contributed by atoms with Crippen LogP contribution in [0.2, 0.25) is 0 Å². The third-order valence-electron chi connectivity index (χ3n) is 5.43. The van der Waals surface area contributed by atoms with Gasteiger partial charge >= 0.3 is 0 Å². The van der Waals surface area contributed by atoms with E-state index in [1.807, 2.05) is 41.3 Å². The van der Waals surface area contributed by atoms with Gasteiger partial charge in [-0.05, 0) is 54.3 Å². The number of nitriles is 1. The van der Waals surface area contributed by atoms with Crippen LogP contribution in [0.5, 0.6) is 17.2 Å². The lowest BCUT2D eigenvalue weighted by Crippen LogP contribution is -2.33. The van der Waals surface area contributed by atoms with E-state index in [4.69, 9.17) is 19.5 Å². The molecule has 3 rings (SSSR count). The fraction of sp³-hybridized carbons (Fsp3) is 0.360. The van der Waals surface area contributed by atoms with Gasteiger partial charge in [0.25, 0.3) is 0 Å². The molecule has 0 bridgehead atoms. The molecule has 1 aliphatic rings. The topological polar surface area (TPSA) is 71.8 Å².